The van der Waals surface area contributed by atoms with Crippen molar-refractivity contribution in [3.8, 4) is 0 Å². The predicted molar refractivity (Wildman–Crippen MR) is 84.5 cm³/mol. The quantitative estimate of drug-likeness (QED) is 0.434. The number of hydrogen-bond acceptors (Lipinski definition) is 3. The van der Waals surface area contributed by atoms with Crippen LogP contribution in [0.15, 0.2) is 4.99 Å². The monoisotopic (exact) mass is 371 g/mol. The summed E-state index contributed by atoms with van der Waals surface area (Å²) in [5.41, 5.74) is -0.527. The second-order valence-corrected chi connectivity index (χ2v) is 5.73. The first kappa shape index (κ1) is 15.4. The van der Waals surface area contributed by atoms with E-state index in [2.05, 4.69) is 15.2 Å². The smallest absolute Gasteiger partial charge is 0.193 e. The lowest BCUT2D eigenvalue weighted by Crippen LogP contribution is -2.48. The van der Waals surface area contributed by atoms with Crippen LogP contribution < -0.4 is 5.32 Å². The van der Waals surface area contributed by atoms with E-state index < -0.39 is 5.60 Å². The first-order valence-electron chi connectivity index (χ1n) is 5.99. The highest BCUT2D eigenvalue weighted by Gasteiger charge is 2.32. The molecular formula is C11H22IN3OS. The van der Waals surface area contributed by atoms with Crippen molar-refractivity contribution in [2.24, 2.45) is 4.99 Å². The molecule has 0 aliphatic carbocycles. The largest absolute Gasteiger partial charge is 0.387 e. The van der Waals surface area contributed by atoms with Crippen molar-refractivity contribution in [3.05, 3.63) is 0 Å². The van der Waals surface area contributed by atoms with Crippen LogP contribution in [-0.2, 0) is 0 Å². The normalized spacial score (nSPS) is 29.3. The first-order chi connectivity index (χ1) is 7.73. The van der Waals surface area contributed by atoms with Gasteiger partial charge in [-0.25, -0.2) is 0 Å². The molecule has 1 unspecified atom stereocenters. The zero-order valence-corrected chi connectivity index (χ0v) is 13.5. The van der Waals surface area contributed by atoms with E-state index in [1.807, 2.05) is 18.8 Å². The molecule has 6 heteroatoms. The van der Waals surface area contributed by atoms with Crippen molar-refractivity contribution in [2.75, 3.05) is 38.2 Å². The second kappa shape index (κ2) is 7.04. The summed E-state index contributed by atoms with van der Waals surface area (Å²) in [5, 5.41) is 13.5. The van der Waals surface area contributed by atoms with Gasteiger partial charge in [-0.15, -0.1) is 24.0 Å². The molecule has 0 bridgehead atoms. The standard InChI is InChI=1S/C11H21N3OS.HI/c1-12-10(14-5-2-3-6-14)13-8-11(15)4-7-16-9-11;/h15H,2-9H2,1H3,(H,12,13);1H. The van der Waals surface area contributed by atoms with E-state index in [1.165, 1.54) is 12.8 Å². The summed E-state index contributed by atoms with van der Waals surface area (Å²) >= 11 is 1.83. The van der Waals surface area contributed by atoms with E-state index >= 15 is 0 Å². The number of aliphatic hydroxyl groups is 1. The number of nitrogens with zero attached hydrogens (tertiary/aromatic N) is 2. The molecule has 2 rings (SSSR count). The van der Waals surface area contributed by atoms with Crippen molar-refractivity contribution in [1.82, 2.24) is 10.2 Å². The molecule has 100 valence electrons. The van der Waals surface area contributed by atoms with Gasteiger partial charge in [-0.2, -0.15) is 11.8 Å². The predicted octanol–water partition coefficient (Wildman–Crippen LogP) is 1.14. The Morgan fingerprint density at radius 2 is 2.18 bits per heavy atom. The number of guanidine groups is 1. The lowest BCUT2D eigenvalue weighted by atomic mass is 10.0. The maximum absolute atomic E-state index is 10.2. The topological polar surface area (TPSA) is 47.9 Å². The van der Waals surface area contributed by atoms with Crippen LogP contribution in [0.2, 0.25) is 0 Å². The van der Waals surface area contributed by atoms with Crippen LogP contribution in [0, 0.1) is 0 Å². The molecule has 17 heavy (non-hydrogen) atoms. The fourth-order valence-electron chi connectivity index (χ4n) is 2.24. The Morgan fingerprint density at radius 1 is 1.47 bits per heavy atom. The number of halogens is 1. The van der Waals surface area contributed by atoms with E-state index in [9.17, 15) is 5.11 Å². The minimum Gasteiger partial charge on any atom is -0.387 e. The van der Waals surface area contributed by atoms with E-state index in [4.69, 9.17) is 0 Å². The Bertz CT molecular complexity index is 263. The van der Waals surface area contributed by atoms with Gasteiger partial charge in [0.2, 0.25) is 0 Å². The first-order valence-corrected chi connectivity index (χ1v) is 7.15. The number of hydrogen-bond donors (Lipinski definition) is 2. The Hall–Kier alpha value is 0.310. The summed E-state index contributed by atoms with van der Waals surface area (Å²) < 4.78 is 0. The van der Waals surface area contributed by atoms with Crippen LogP contribution >= 0.6 is 35.7 Å². The average molecular weight is 371 g/mol. The van der Waals surface area contributed by atoms with Gasteiger partial charge in [-0.1, -0.05) is 0 Å². The molecule has 2 heterocycles. The van der Waals surface area contributed by atoms with Crippen molar-refractivity contribution in [1.29, 1.82) is 0 Å². The number of rotatable bonds is 2. The van der Waals surface area contributed by atoms with Gasteiger partial charge in [0.1, 0.15) is 0 Å². The van der Waals surface area contributed by atoms with Crippen molar-refractivity contribution >= 4 is 41.7 Å². The lowest BCUT2D eigenvalue weighted by molar-refractivity contribution is 0.0718. The van der Waals surface area contributed by atoms with Gasteiger partial charge < -0.3 is 15.3 Å². The van der Waals surface area contributed by atoms with Crippen LogP contribution in [0.1, 0.15) is 19.3 Å². The summed E-state index contributed by atoms with van der Waals surface area (Å²) in [4.78, 5) is 6.54. The van der Waals surface area contributed by atoms with Gasteiger partial charge in [-0.05, 0) is 25.0 Å². The summed E-state index contributed by atoms with van der Waals surface area (Å²) in [5.74, 6) is 2.86. The minimum absolute atomic E-state index is 0. The molecule has 1 atom stereocenters. The highest BCUT2D eigenvalue weighted by molar-refractivity contribution is 14.0. The van der Waals surface area contributed by atoms with Crippen molar-refractivity contribution in [2.45, 2.75) is 24.9 Å². The Morgan fingerprint density at radius 3 is 2.71 bits per heavy atom. The third-order valence-corrected chi connectivity index (χ3v) is 4.51. The number of aliphatic imine (C=N–C) groups is 1. The molecule has 0 saturated carbocycles. The van der Waals surface area contributed by atoms with Crippen LogP contribution in [0.3, 0.4) is 0 Å². The van der Waals surface area contributed by atoms with Gasteiger partial charge in [0, 0.05) is 32.4 Å². The molecule has 0 aromatic carbocycles. The van der Waals surface area contributed by atoms with E-state index in [0.717, 1.165) is 37.0 Å². The second-order valence-electron chi connectivity index (χ2n) is 4.62. The van der Waals surface area contributed by atoms with Gasteiger partial charge >= 0.3 is 0 Å². The number of likely N-dealkylation sites (tertiary alicyclic amines) is 1. The summed E-state index contributed by atoms with van der Waals surface area (Å²) in [6, 6.07) is 0. The highest BCUT2D eigenvalue weighted by atomic mass is 127. The maximum Gasteiger partial charge on any atom is 0.193 e. The average Bonchev–Trinajstić information content (AvgIpc) is 2.91. The molecule has 2 aliphatic heterocycles. The molecule has 2 aliphatic rings. The zero-order valence-electron chi connectivity index (χ0n) is 10.3. The van der Waals surface area contributed by atoms with Crippen molar-refractivity contribution < 1.29 is 5.11 Å². The third kappa shape index (κ3) is 4.17. The molecule has 4 nitrogen and oxygen atoms in total. The third-order valence-electron chi connectivity index (χ3n) is 3.28. The van der Waals surface area contributed by atoms with E-state index in [0.29, 0.717) is 6.54 Å². The van der Waals surface area contributed by atoms with Gasteiger partial charge in [0.05, 0.1) is 5.60 Å². The SMILES string of the molecule is CN=C(NCC1(O)CCSC1)N1CCCC1.I. The summed E-state index contributed by atoms with van der Waals surface area (Å²) in [6.45, 7) is 2.81. The fraction of sp³-hybridized carbons (Fsp3) is 0.909. The van der Waals surface area contributed by atoms with Gasteiger partial charge in [0.15, 0.2) is 5.96 Å². The molecular weight excluding hydrogens is 349 g/mol. The molecule has 0 amide bonds. The van der Waals surface area contributed by atoms with Crippen LogP contribution in [0.5, 0.6) is 0 Å². The van der Waals surface area contributed by atoms with Crippen LogP contribution in [-0.4, -0.2) is 59.8 Å². The fourth-order valence-corrected chi connectivity index (χ4v) is 3.54. The van der Waals surface area contributed by atoms with E-state index in [1.54, 1.807) is 0 Å². The van der Waals surface area contributed by atoms with Gasteiger partial charge in [-0.3, -0.25) is 4.99 Å². The highest BCUT2D eigenvalue weighted by Crippen LogP contribution is 2.27. The zero-order chi connectivity index (χ0) is 11.4. The summed E-state index contributed by atoms with van der Waals surface area (Å²) in [6.07, 6.45) is 3.39. The Kier molecular flexibility index (Phi) is 6.36. The van der Waals surface area contributed by atoms with E-state index in [-0.39, 0.29) is 24.0 Å². The van der Waals surface area contributed by atoms with Crippen LogP contribution in [0.4, 0.5) is 0 Å². The Balaban J connectivity index is 0.00000144. The maximum atomic E-state index is 10.2. The van der Waals surface area contributed by atoms with Crippen LogP contribution in [0.25, 0.3) is 0 Å². The number of nitrogens with one attached hydrogen (secondary N) is 1. The Labute approximate surface area is 125 Å². The summed E-state index contributed by atoms with van der Waals surface area (Å²) in [7, 11) is 1.81. The molecule has 0 spiro atoms. The minimum atomic E-state index is -0.527. The molecule has 0 radical (unpaired) electrons. The molecule has 0 aromatic heterocycles. The lowest BCUT2D eigenvalue weighted by Gasteiger charge is -2.26. The number of thioether (sulfide) groups is 1. The molecule has 0 aromatic rings. The molecule has 2 saturated heterocycles. The van der Waals surface area contributed by atoms with Crippen molar-refractivity contribution in [3.63, 3.8) is 0 Å². The van der Waals surface area contributed by atoms with Gasteiger partial charge in [0.25, 0.3) is 0 Å². The molecule has 2 N–H and O–H groups in total. The molecule has 2 fully saturated rings.